The first-order valence-corrected chi connectivity index (χ1v) is 6.72. The van der Waals surface area contributed by atoms with Crippen molar-refractivity contribution in [2.75, 3.05) is 0 Å². The Morgan fingerprint density at radius 3 is 2.45 bits per heavy atom. The van der Waals surface area contributed by atoms with Gasteiger partial charge in [0.25, 0.3) is 0 Å². The average molecular weight is 264 g/mol. The smallest absolute Gasteiger partial charge is 0.170 e. The molecule has 2 unspecified atom stereocenters. The van der Waals surface area contributed by atoms with E-state index in [9.17, 15) is 9.90 Å². The maximum Gasteiger partial charge on any atom is 0.170 e. The van der Waals surface area contributed by atoms with Crippen molar-refractivity contribution in [2.24, 2.45) is 5.92 Å². The molecule has 0 radical (unpaired) electrons. The molecule has 0 bridgehead atoms. The lowest BCUT2D eigenvalue weighted by atomic mass is 9.79. The van der Waals surface area contributed by atoms with E-state index in [1.54, 1.807) is 12.1 Å². The highest BCUT2D eigenvalue weighted by molar-refractivity contribution is 6.04. The van der Waals surface area contributed by atoms with E-state index in [0.717, 1.165) is 5.56 Å². The maximum absolute atomic E-state index is 12.6. The maximum atomic E-state index is 12.6. The molecule has 1 aliphatic rings. The Morgan fingerprint density at radius 2 is 1.75 bits per heavy atom. The van der Waals surface area contributed by atoms with Crippen LogP contribution in [0.15, 0.2) is 67.3 Å². The first-order valence-electron chi connectivity index (χ1n) is 6.72. The highest BCUT2D eigenvalue weighted by Crippen LogP contribution is 2.47. The van der Waals surface area contributed by atoms with E-state index >= 15 is 0 Å². The summed E-state index contributed by atoms with van der Waals surface area (Å²) in [6.45, 7) is 3.72. The normalized spacial score (nSPS) is 24.4. The monoisotopic (exact) mass is 264 g/mol. The molecule has 1 N–H and O–H groups in total. The van der Waals surface area contributed by atoms with Crippen LogP contribution in [0, 0.1) is 5.92 Å². The molecule has 0 saturated carbocycles. The number of hydrogen-bond acceptors (Lipinski definition) is 2. The van der Waals surface area contributed by atoms with Gasteiger partial charge < -0.3 is 5.11 Å². The third-order valence-electron chi connectivity index (χ3n) is 4.04. The van der Waals surface area contributed by atoms with Crippen LogP contribution in [0.2, 0.25) is 0 Å². The molecule has 100 valence electrons. The standard InChI is InChI=1S/C18H16O2/c1-2-8-16-17(19)14-11-6-7-12-15(14)18(16,20)13-9-4-3-5-10-13/h2-7,9-12,16,20H,1,8H2. The van der Waals surface area contributed by atoms with Crippen LogP contribution >= 0.6 is 0 Å². The van der Waals surface area contributed by atoms with Gasteiger partial charge in [-0.2, -0.15) is 0 Å². The summed E-state index contributed by atoms with van der Waals surface area (Å²) in [5, 5.41) is 11.3. The van der Waals surface area contributed by atoms with Crippen LogP contribution in [0.25, 0.3) is 0 Å². The van der Waals surface area contributed by atoms with Gasteiger partial charge in [0.1, 0.15) is 5.60 Å². The number of Topliss-reactive ketones (excluding diaryl/α,β-unsaturated/α-hetero) is 1. The molecule has 3 rings (SSSR count). The Hall–Kier alpha value is -2.19. The van der Waals surface area contributed by atoms with Gasteiger partial charge in [0.05, 0.1) is 5.92 Å². The van der Waals surface area contributed by atoms with E-state index in [1.807, 2.05) is 48.5 Å². The molecule has 0 aromatic heterocycles. The van der Waals surface area contributed by atoms with Crippen LogP contribution in [-0.2, 0) is 5.60 Å². The molecule has 1 aliphatic carbocycles. The fraction of sp³-hybridized carbons (Fsp3) is 0.167. The number of aliphatic hydroxyl groups is 1. The number of ketones is 1. The topological polar surface area (TPSA) is 37.3 Å². The molecule has 0 heterocycles. The number of carbonyl (C=O) groups excluding carboxylic acids is 1. The van der Waals surface area contributed by atoms with Gasteiger partial charge in [0.15, 0.2) is 5.78 Å². The summed E-state index contributed by atoms with van der Waals surface area (Å²) in [7, 11) is 0. The molecule has 2 aromatic carbocycles. The lowest BCUT2D eigenvalue weighted by molar-refractivity contribution is 0.0299. The molecule has 0 spiro atoms. The fourth-order valence-corrected chi connectivity index (χ4v) is 3.09. The molecular weight excluding hydrogens is 248 g/mol. The number of rotatable bonds is 3. The SMILES string of the molecule is C=CCC1C(=O)c2ccccc2C1(O)c1ccccc1. The van der Waals surface area contributed by atoms with Gasteiger partial charge >= 0.3 is 0 Å². The molecule has 2 atom stereocenters. The van der Waals surface area contributed by atoms with Crippen molar-refractivity contribution in [3.63, 3.8) is 0 Å². The quantitative estimate of drug-likeness (QED) is 0.864. The van der Waals surface area contributed by atoms with E-state index in [-0.39, 0.29) is 5.78 Å². The molecule has 20 heavy (non-hydrogen) atoms. The Bertz CT molecular complexity index is 660. The average Bonchev–Trinajstić information content (AvgIpc) is 2.72. The van der Waals surface area contributed by atoms with Crippen molar-refractivity contribution >= 4 is 5.78 Å². The summed E-state index contributed by atoms with van der Waals surface area (Å²) in [6, 6.07) is 16.7. The van der Waals surface area contributed by atoms with Gasteiger partial charge in [-0.15, -0.1) is 6.58 Å². The molecular formula is C18H16O2. The summed E-state index contributed by atoms with van der Waals surface area (Å²) in [4.78, 5) is 12.6. The number of allylic oxidation sites excluding steroid dienone is 1. The summed E-state index contributed by atoms with van der Waals surface area (Å²) in [5.41, 5.74) is 0.808. The predicted molar refractivity (Wildman–Crippen MR) is 78.5 cm³/mol. The first kappa shape index (κ1) is 12.8. The van der Waals surface area contributed by atoms with Crippen LogP contribution in [0.5, 0.6) is 0 Å². The predicted octanol–water partition coefficient (Wildman–Crippen LogP) is 3.31. The van der Waals surface area contributed by atoms with Crippen LogP contribution in [0.3, 0.4) is 0 Å². The van der Waals surface area contributed by atoms with Gasteiger partial charge in [-0.05, 0) is 17.5 Å². The minimum absolute atomic E-state index is 0.00754. The molecule has 0 amide bonds. The minimum Gasteiger partial charge on any atom is -0.380 e. The summed E-state index contributed by atoms with van der Waals surface area (Å²) >= 11 is 0. The summed E-state index contributed by atoms with van der Waals surface area (Å²) in [5.74, 6) is -0.508. The van der Waals surface area contributed by atoms with Gasteiger partial charge in [-0.25, -0.2) is 0 Å². The first-order chi connectivity index (χ1) is 9.69. The van der Waals surface area contributed by atoms with Crippen molar-refractivity contribution < 1.29 is 9.90 Å². The Balaban J connectivity index is 2.25. The van der Waals surface area contributed by atoms with Crippen molar-refractivity contribution in [3.8, 4) is 0 Å². The molecule has 0 fully saturated rings. The zero-order valence-corrected chi connectivity index (χ0v) is 11.1. The van der Waals surface area contributed by atoms with Crippen LogP contribution < -0.4 is 0 Å². The number of fused-ring (bicyclic) bond motifs is 1. The number of benzene rings is 2. The molecule has 0 saturated heterocycles. The van der Waals surface area contributed by atoms with Gasteiger partial charge in [-0.1, -0.05) is 60.7 Å². The van der Waals surface area contributed by atoms with E-state index in [1.165, 1.54) is 0 Å². The van der Waals surface area contributed by atoms with Crippen molar-refractivity contribution in [2.45, 2.75) is 12.0 Å². The summed E-state index contributed by atoms with van der Waals surface area (Å²) < 4.78 is 0. The third-order valence-corrected chi connectivity index (χ3v) is 4.04. The van der Waals surface area contributed by atoms with Crippen molar-refractivity contribution in [1.82, 2.24) is 0 Å². The van der Waals surface area contributed by atoms with Crippen LogP contribution in [0.4, 0.5) is 0 Å². The van der Waals surface area contributed by atoms with Gasteiger partial charge in [0.2, 0.25) is 0 Å². The van der Waals surface area contributed by atoms with Crippen LogP contribution in [0.1, 0.15) is 27.9 Å². The van der Waals surface area contributed by atoms with Crippen molar-refractivity contribution in [3.05, 3.63) is 83.9 Å². The number of carbonyl (C=O) groups is 1. The highest BCUT2D eigenvalue weighted by Gasteiger charge is 2.51. The van der Waals surface area contributed by atoms with E-state index in [4.69, 9.17) is 0 Å². The van der Waals surface area contributed by atoms with E-state index in [2.05, 4.69) is 6.58 Å². The Morgan fingerprint density at radius 1 is 1.10 bits per heavy atom. The van der Waals surface area contributed by atoms with E-state index < -0.39 is 11.5 Å². The number of hydrogen-bond donors (Lipinski definition) is 1. The molecule has 2 nitrogen and oxygen atoms in total. The zero-order valence-electron chi connectivity index (χ0n) is 11.1. The lowest BCUT2D eigenvalue weighted by Crippen LogP contribution is -2.34. The largest absolute Gasteiger partial charge is 0.380 e. The Kier molecular flexibility index (Phi) is 3.03. The van der Waals surface area contributed by atoms with Crippen LogP contribution in [-0.4, -0.2) is 10.9 Å². The summed E-state index contributed by atoms with van der Waals surface area (Å²) in [6.07, 6.45) is 2.15. The fourth-order valence-electron chi connectivity index (χ4n) is 3.09. The minimum atomic E-state index is -1.26. The molecule has 2 heteroatoms. The second-order valence-corrected chi connectivity index (χ2v) is 5.12. The highest BCUT2D eigenvalue weighted by atomic mass is 16.3. The second kappa shape index (κ2) is 4.73. The molecule has 2 aromatic rings. The van der Waals surface area contributed by atoms with Gasteiger partial charge in [-0.3, -0.25) is 4.79 Å². The Labute approximate surface area is 118 Å². The van der Waals surface area contributed by atoms with Crippen molar-refractivity contribution in [1.29, 1.82) is 0 Å². The van der Waals surface area contributed by atoms with Gasteiger partial charge in [0, 0.05) is 5.56 Å². The third kappa shape index (κ3) is 1.65. The zero-order chi connectivity index (χ0) is 14.2. The lowest BCUT2D eigenvalue weighted by Gasteiger charge is -2.30. The second-order valence-electron chi connectivity index (χ2n) is 5.12. The van der Waals surface area contributed by atoms with E-state index in [0.29, 0.717) is 17.5 Å². The molecule has 0 aliphatic heterocycles.